The zero-order valence-electron chi connectivity index (χ0n) is 18.1. The molecule has 0 unspecified atom stereocenters. The highest BCUT2D eigenvalue weighted by Crippen LogP contribution is 2.24. The molecule has 168 valence electrons. The van der Waals surface area contributed by atoms with Crippen molar-refractivity contribution in [1.82, 2.24) is 24.6 Å². The topological polar surface area (TPSA) is 54.3 Å². The van der Waals surface area contributed by atoms with Crippen LogP contribution in [0.15, 0.2) is 47.6 Å². The van der Waals surface area contributed by atoms with Crippen molar-refractivity contribution in [2.24, 2.45) is 0 Å². The van der Waals surface area contributed by atoms with Gasteiger partial charge in [-0.2, -0.15) is 0 Å². The number of amides is 1. The molecule has 1 aliphatic heterocycles. The van der Waals surface area contributed by atoms with Crippen molar-refractivity contribution in [3.63, 3.8) is 0 Å². The predicted molar refractivity (Wildman–Crippen MR) is 125 cm³/mol. The molecule has 0 spiro atoms. The van der Waals surface area contributed by atoms with Gasteiger partial charge in [0.1, 0.15) is 11.6 Å². The number of hydrogen-bond donors (Lipinski definition) is 0. The lowest BCUT2D eigenvalue weighted by Gasteiger charge is -2.34. The maximum Gasteiger partial charge on any atom is 0.233 e. The van der Waals surface area contributed by atoms with Crippen LogP contribution in [0.3, 0.4) is 0 Å². The highest BCUT2D eigenvalue weighted by Gasteiger charge is 2.23. The van der Waals surface area contributed by atoms with Crippen LogP contribution in [0.5, 0.6) is 0 Å². The molecular formula is C23H25ClFN5OS. The quantitative estimate of drug-likeness (QED) is 0.504. The van der Waals surface area contributed by atoms with Crippen LogP contribution in [0.25, 0.3) is 5.69 Å². The summed E-state index contributed by atoms with van der Waals surface area (Å²) >= 11 is 7.54. The average Bonchev–Trinajstić information content (AvgIpc) is 3.15. The number of aromatic nitrogens is 3. The molecule has 0 aliphatic carbocycles. The molecule has 1 fully saturated rings. The van der Waals surface area contributed by atoms with E-state index in [1.165, 1.54) is 17.8 Å². The highest BCUT2D eigenvalue weighted by atomic mass is 35.5. The first kappa shape index (κ1) is 22.8. The zero-order chi connectivity index (χ0) is 22.7. The van der Waals surface area contributed by atoms with Crippen molar-refractivity contribution in [1.29, 1.82) is 0 Å². The maximum absolute atomic E-state index is 14.1. The molecule has 0 bridgehead atoms. The first-order valence-electron chi connectivity index (χ1n) is 10.5. The van der Waals surface area contributed by atoms with Crippen LogP contribution in [-0.2, 0) is 11.3 Å². The lowest BCUT2D eigenvalue weighted by Crippen LogP contribution is -2.48. The highest BCUT2D eigenvalue weighted by molar-refractivity contribution is 7.99. The molecule has 2 aromatic carbocycles. The van der Waals surface area contributed by atoms with Crippen LogP contribution in [-0.4, -0.2) is 62.4 Å². The summed E-state index contributed by atoms with van der Waals surface area (Å²) in [7, 11) is 0. The predicted octanol–water partition coefficient (Wildman–Crippen LogP) is 4.11. The van der Waals surface area contributed by atoms with Gasteiger partial charge < -0.3 is 4.90 Å². The number of carbonyl (C=O) groups excluding carboxylic acids is 1. The second kappa shape index (κ2) is 10.0. The molecule has 3 aromatic rings. The molecule has 32 heavy (non-hydrogen) atoms. The van der Waals surface area contributed by atoms with E-state index < -0.39 is 0 Å². The first-order valence-corrected chi connectivity index (χ1v) is 11.8. The number of carbonyl (C=O) groups is 1. The van der Waals surface area contributed by atoms with Gasteiger partial charge in [-0.3, -0.25) is 14.3 Å². The fraction of sp³-hybridized carbons (Fsp3) is 0.348. The van der Waals surface area contributed by atoms with Crippen molar-refractivity contribution in [2.75, 3.05) is 31.9 Å². The van der Waals surface area contributed by atoms with E-state index >= 15 is 0 Å². The third-order valence-corrected chi connectivity index (χ3v) is 6.82. The summed E-state index contributed by atoms with van der Waals surface area (Å²) in [6.07, 6.45) is 0. The summed E-state index contributed by atoms with van der Waals surface area (Å²) in [6, 6.07) is 12.9. The summed E-state index contributed by atoms with van der Waals surface area (Å²) in [5, 5.41) is 9.60. The molecular weight excluding hydrogens is 449 g/mol. The number of piperazine rings is 1. The lowest BCUT2D eigenvalue weighted by molar-refractivity contribution is -0.130. The van der Waals surface area contributed by atoms with Gasteiger partial charge in [0.05, 0.1) is 5.75 Å². The van der Waals surface area contributed by atoms with Crippen LogP contribution in [0.2, 0.25) is 5.02 Å². The Bertz CT molecular complexity index is 1090. The SMILES string of the molecule is Cc1cccc(-n2c(C)nnc2SCC(=O)N2CCN(Cc3c(F)cccc3Cl)CC2)c1. The van der Waals surface area contributed by atoms with Gasteiger partial charge in [-0.05, 0) is 43.7 Å². The summed E-state index contributed by atoms with van der Waals surface area (Å²) in [4.78, 5) is 16.8. The van der Waals surface area contributed by atoms with Crippen molar-refractivity contribution in [2.45, 2.75) is 25.5 Å². The molecule has 2 heterocycles. The van der Waals surface area contributed by atoms with Crippen molar-refractivity contribution in [3.05, 3.63) is 70.3 Å². The molecule has 0 N–H and O–H groups in total. The van der Waals surface area contributed by atoms with E-state index in [9.17, 15) is 9.18 Å². The summed E-state index contributed by atoms with van der Waals surface area (Å²) in [5.41, 5.74) is 2.65. The van der Waals surface area contributed by atoms with Crippen molar-refractivity contribution < 1.29 is 9.18 Å². The Balaban J connectivity index is 1.33. The molecule has 0 radical (unpaired) electrons. The smallest absolute Gasteiger partial charge is 0.233 e. The van der Waals surface area contributed by atoms with Gasteiger partial charge in [0.2, 0.25) is 5.91 Å². The van der Waals surface area contributed by atoms with Crippen LogP contribution in [0.4, 0.5) is 4.39 Å². The van der Waals surface area contributed by atoms with E-state index in [0.29, 0.717) is 54.2 Å². The van der Waals surface area contributed by atoms with Crippen LogP contribution in [0.1, 0.15) is 17.0 Å². The molecule has 1 aromatic heterocycles. The molecule has 6 nitrogen and oxygen atoms in total. The molecule has 0 atom stereocenters. The third kappa shape index (κ3) is 5.14. The van der Waals surface area contributed by atoms with Gasteiger partial charge in [-0.25, -0.2) is 4.39 Å². The number of hydrogen-bond acceptors (Lipinski definition) is 5. The maximum atomic E-state index is 14.1. The number of aryl methyl sites for hydroxylation is 2. The molecule has 4 rings (SSSR count). The third-order valence-electron chi connectivity index (χ3n) is 5.55. The Morgan fingerprint density at radius 1 is 1.09 bits per heavy atom. The Morgan fingerprint density at radius 2 is 1.84 bits per heavy atom. The largest absolute Gasteiger partial charge is 0.339 e. The van der Waals surface area contributed by atoms with Gasteiger partial charge in [-0.1, -0.05) is 41.6 Å². The number of halogens is 2. The second-order valence-corrected chi connectivity index (χ2v) is 9.20. The number of nitrogens with zero attached hydrogens (tertiary/aromatic N) is 5. The molecule has 1 saturated heterocycles. The van der Waals surface area contributed by atoms with Gasteiger partial charge in [-0.15, -0.1) is 10.2 Å². The second-order valence-electron chi connectivity index (χ2n) is 7.85. The molecule has 1 amide bonds. The summed E-state index contributed by atoms with van der Waals surface area (Å²) in [5.74, 6) is 0.852. The summed E-state index contributed by atoms with van der Waals surface area (Å²) in [6.45, 7) is 6.96. The minimum atomic E-state index is -0.291. The van der Waals surface area contributed by atoms with Gasteiger partial charge >= 0.3 is 0 Å². The first-order chi connectivity index (χ1) is 15.4. The van der Waals surface area contributed by atoms with E-state index in [2.05, 4.69) is 21.2 Å². The minimum Gasteiger partial charge on any atom is -0.339 e. The van der Waals surface area contributed by atoms with E-state index in [-0.39, 0.29) is 11.7 Å². The van der Waals surface area contributed by atoms with Crippen LogP contribution >= 0.6 is 23.4 Å². The van der Waals surface area contributed by atoms with Gasteiger partial charge in [0.25, 0.3) is 0 Å². The van der Waals surface area contributed by atoms with Gasteiger partial charge in [0.15, 0.2) is 5.16 Å². The fourth-order valence-electron chi connectivity index (χ4n) is 3.78. The summed E-state index contributed by atoms with van der Waals surface area (Å²) < 4.78 is 16.0. The lowest BCUT2D eigenvalue weighted by atomic mass is 10.2. The Kier molecular flexibility index (Phi) is 7.13. The Hall–Kier alpha value is -2.42. The zero-order valence-corrected chi connectivity index (χ0v) is 19.7. The van der Waals surface area contributed by atoms with Crippen molar-refractivity contribution >= 4 is 29.3 Å². The van der Waals surface area contributed by atoms with E-state index in [1.54, 1.807) is 12.1 Å². The van der Waals surface area contributed by atoms with Crippen LogP contribution in [0, 0.1) is 19.7 Å². The van der Waals surface area contributed by atoms with Crippen LogP contribution < -0.4 is 0 Å². The fourth-order valence-corrected chi connectivity index (χ4v) is 4.90. The number of rotatable bonds is 6. The minimum absolute atomic E-state index is 0.0648. The van der Waals surface area contributed by atoms with Gasteiger partial charge in [0, 0.05) is 49.0 Å². The van der Waals surface area contributed by atoms with Crippen molar-refractivity contribution in [3.8, 4) is 5.69 Å². The number of benzene rings is 2. The standard InChI is InChI=1S/C23H25ClFN5OS/c1-16-5-3-6-18(13-16)30-17(2)26-27-23(30)32-15-22(31)29-11-9-28(10-12-29)14-19-20(24)7-4-8-21(19)25/h3-8,13H,9-12,14-15H2,1-2H3. The molecule has 9 heteroatoms. The Labute approximate surface area is 196 Å². The number of thioether (sulfide) groups is 1. The van der Waals surface area contributed by atoms with E-state index in [0.717, 1.165) is 17.1 Å². The monoisotopic (exact) mass is 473 g/mol. The molecule has 1 aliphatic rings. The Morgan fingerprint density at radius 3 is 2.56 bits per heavy atom. The van der Waals surface area contributed by atoms with E-state index in [1.807, 2.05) is 41.5 Å². The molecule has 0 saturated carbocycles. The average molecular weight is 474 g/mol. The van der Waals surface area contributed by atoms with E-state index in [4.69, 9.17) is 11.6 Å². The normalized spacial score (nSPS) is 14.7.